The van der Waals surface area contributed by atoms with Crippen LogP contribution in [0.25, 0.3) is 16.5 Å². The molecule has 3 aromatic rings. The number of nitrogens with zero attached hydrogens (tertiary/aromatic N) is 1. The molecule has 0 unspecified atom stereocenters. The summed E-state index contributed by atoms with van der Waals surface area (Å²) in [4.78, 5) is 26.1. The molecule has 1 aliphatic carbocycles. The second kappa shape index (κ2) is 8.89. The second-order valence-electron chi connectivity index (χ2n) is 7.93. The fraction of sp³-hybridized carbons (Fsp3) is 0.192. The van der Waals surface area contributed by atoms with Gasteiger partial charge < -0.3 is 10.4 Å². The zero-order valence-corrected chi connectivity index (χ0v) is 18.6. The van der Waals surface area contributed by atoms with Gasteiger partial charge in [0.15, 0.2) is 0 Å². The van der Waals surface area contributed by atoms with Gasteiger partial charge in [0.25, 0.3) is 0 Å². The Bertz CT molecular complexity index is 1300. The van der Waals surface area contributed by atoms with E-state index in [1.54, 1.807) is 17.8 Å². The molecule has 0 radical (unpaired) electrons. The molecule has 0 amide bonds. The summed E-state index contributed by atoms with van der Waals surface area (Å²) < 4.78 is 0. The molecule has 6 heteroatoms. The lowest BCUT2D eigenvalue weighted by Gasteiger charge is -2.22. The summed E-state index contributed by atoms with van der Waals surface area (Å²) in [7, 11) is 0. The Kier molecular flexibility index (Phi) is 6.02. The van der Waals surface area contributed by atoms with Crippen LogP contribution in [0.1, 0.15) is 47.7 Å². The van der Waals surface area contributed by atoms with E-state index in [1.807, 2.05) is 30.3 Å². The van der Waals surface area contributed by atoms with Crippen molar-refractivity contribution in [3.8, 4) is 6.07 Å². The fourth-order valence-corrected chi connectivity index (χ4v) is 4.82. The van der Waals surface area contributed by atoms with E-state index in [1.165, 1.54) is 5.56 Å². The molecule has 4 rings (SSSR count). The predicted molar refractivity (Wildman–Crippen MR) is 126 cm³/mol. The van der Waals surface area contributed by atoms with Gasteiger partial charge in [-0.1, -0.05) is 62.0 Å². The minimum Gasteiger partial charge on any atom is -0.481 e. The van der Waals surface area contributed by atoms with Crippen LogP contribution in [0.2, 0.25) is 0 Å². The second-order valence-corrected chi connectivity index (χ2v) is 9.04. The van der Waals surface area contributed by atoms with Crippen LogP contribution in [-0.2, 0) is 4.79 Å². The molecule has 0 aromatic heterocycles. The molecule has 0 bridgehead atoms. The summed E-state index contributed by atoms with van der Waals surface area (Å²) in [6.07, 6.45) is -0.110. The topological polar surface area (TPSA) is 90.2 Å². The van der Waals surface area contributed by atoms with E-state index in [0.717, 1.165) is 26.1 Å². The summed E-state index contributed by atoms with van der Waals surface area (Å²) in [5, 5.41) is 23.3. The summed E-state index contributed by atoms with van der Waals surface area (Å²) in [5.41, 5.74) is 2.94. The number of benzene rings is 3. The van der Waals surface area contributed by atoms with Gasteiger partial charge in [0.05, 0.1) is 12.1 Å². The third-order valence-corrected chi connectivity index (χ3v) is 6.60. The Morgan fingerprint density at radius 1 is 1.09 bits per heavy atom. The largest absolute Gasteiger partial charge is 0.481 e. The van der Waals surface area contributed by atoms with E-state index in [-0.39, 0.29) is 24.3 Å². The Morgan fingerprint density at radius 2 is 1.84 bits per heavy atom. The highest BCUT2D eigenvalue weighted by atomic mass is 32.2. The van der Waals surface area contributed by atoms with Crippen molar-refractivity contribution >= 4 is 40.0 Å². The molecule has 0 atom stereocenters. The zero-order chi connectivity index (χ0) is 22.8. The number of nitriles is 1. The van der Waals surface area contributed by atoms with Gasteiger partial charge in [0, 0.05) is 32.8 Å². The Morgan fingerprint density at radius 3 is 2.50 bits per heavy atom. The van der Waals surface area contributed by atoms with Crippen LogP contribution < -0.4 is 5.32 Å². The van der Waals surface area contributed by atoms with Gasteiger partial charge in [-0.2, -0.15) is 5.26 Å². The van der Waals surface area contributed by atoms with Crippen LogP contribution in [0.3, 0.4) is 0 Å². The van der Waals surface area contributed by atoms with Crippen LogP contribution in [0, 0.1) is 11.3 Å². The molecule has 3 aromatic carbocycles. The molecule has 0 saturated heterocycles. The maximum atomic E-state index is 13.1. The minimum atomic E-state index is -0.945. The Balaban J connectivity index is 1.78. The number of carbonyl (C=O) groups excluding carboxylic acids is 1. The first-order valence-electron chi connectivity index (χ1n) is 10.4. The third kappa shape index (κ3) is 4.00. The predicted octanol–water partition coefficient (Wildman–Crippen LogP) is 5.61. The van der Waals surface area contributed by atoms with E-state index >= 15 is 0 Å². The van der Waals surface area contributed by atoms with Crippen molar-refractivity contribution in [3.05, 3.63) is 76.9 Å². The van der Waals surface area contributed by atoms with Crippen molar-refractivity contribution in [1.82, 2.24) is 5.32 Å². The molecule has 0 spiro atoms. The van der Waals surface area contributed by atoms with E-state index < -0.39 is 5.97 Å². The number of carboxylic acids is 1. The number of allylic oxidation sites excluding steroid dienone is 1. The quantitative estimate of drug-likeness (QED) is 0.494. The highest BCUT2D eigenvalue weighted by molar-refractivity contribution is 7.99. The van der Waals surface area contributed by atoms with E-state index in [9.17, 15) is 14.9 Å². The van der Waals surface area contributed by atoms with Crippen molar-refractivity contribution in [3.63, 3.8) is 0 Å². The van der Waals surface area contributed by atoms with Gasteiger partial charge in [-0.25, -0.2) is 0 Å². The highest BCUT2D eigenvalue weighted by Gasteiger charge is 2.28. The lowest BCUT2D eigenvalue weighted by Crippen LogP contribution is -2.23. The van der Waals surface area contributed by atoms with Gasteiger partial charge in [-0.3, -0.25) is 9.59 Å². The highest BCUT2D eigenvalue weighted by Crippen LogP contribution is 2.41. The van der Waals surface area contributed by atoms with Crippen molar-refractivity contribution in [2.75, 3.05) is 6.54 Å². The van der Waals surface area contributed by atoms with Crippen LogP contribution in [-0.4, -0.2) is 23.4 Å². The number of hydrogen-bond acceptors (Lipinski definition) is 5. The summed E-state index contributed by atoms with van der Waals surface area (Å²) in [6.45, 7) is 4.46. The molecule has 1 aliphatic rings. The molecule has 2 N–H and O–H groups in total. The monoisotopic (exact) mass is 442 g/mol. The lowest BCUT2D eigenvalue weighted by molar-refractivity contribution is -0.136. The molecule has 0 fully saturated rings. The van der Waals surface area contributed by atoms with Crippen LogP contribution in [0.5, 0.6) is 0 Å². The zero-order valence-electron chi connectivity index (χ0n) is 17.8. The maximum Gasteiger partial charge on any atom is 0.305 e. The molecular weight excluding hydrogens is 420 g/mol. The third-order valence-electron chi connectivity index (χ3n) is 5.52. The molecule has 0 saturated carbocycles. The molecular formula is C26H22N2O3S. The Labute approximate surface area is 190 Å². The van der Waals surface area contributed by atoms with Crippen molar-refractivity contribution in [1.29, 1.82) is 5.26 Å². The minimum absolute atomic E-state index is 0.0140. The standard InChI is InChI=1S/C26H22N2O3S/c1-15(2)16-6-8-17(9-7-16)32-22-11-10-19-24-18(22)4-3-5-20(24)26(31)21(14-27)25(19)28-13-12-23(29)30/h3-11,15,28H,12-13H2,1-2H3,(H,29,30). The summed E-state index contributed by atoms with van der Waals surface area (Å²) in [5.74, 6) is -0.819. The molecule has 32 heavy (non-hydrogen) atoms. The molecule has 5 nitrogen and oxygen atoms in total. The van der Waals surface area contributed by atoms with E-state index in [4.69, 9.17) is 5.11 Å². The fourth-order valence-electron chi connectivity index (χ4n) is 3.88. The van der Waals surface area contributed by atoms with Gasteiger partial charge in [-0.05, 0) is 35.1 Å². The van der Waals surface area contributed by atoms with Gasteiger partial charge in [-0.15, -0.1) is 0 Å². The number of hydrogen-bond donors (Lipinski definition) is 2. The SMILES string of the molecule is CC(C)c1ccc(Sc2ccc3c4c(cccc24)C(=O)C(C#N)=C3NCCC(=O)O)cc1. The van der Waals surface area contributed by atoms with Gasteiger partial charge in [0.1, 0.15) is 11.6 Å². The average Bonchev–Trinajstić information content (AvgIpc) is 2.78. The summed E-state index contributed by atoms with van der Waals surface area (Å²) in [6, 6.07) is 19.9. The smallest absolute Gasteiger partial charge is 0.305 e. The first-order valence-corrected chi connectivity index (χ1v) is 11.2. The molecule has 160 valence electrons. The van der Waals surface area contributed by atoms with Gasteiger partial charge >= 0.3 is 5.97 Å². The molecule has 0 heterocycles. The number of nitrogens with one attached hydrogen (secondary N) is 1. The number of carboxylic acid groups (broad SMARTS) is 1. The first kappa shape index (κ1) is 21.7. The number of Topliss-reactive ketones (excluding diaryl/α,β-unsaturated/α-hetero) is 1. The number of rotatable bonds is 7. The normalized spacial score (nSPS) is 12.9. The van der Waals surface area contributed by atoms with Crippen LogP contribution in [0.15, 0.2) is 70.0 Å². The lowest BCUT2D eigenvalue weighted by atomic mass is 9.86. The van der Waals surface area contributed by atoms with E-state index in [2.05, 4.69) is 43.4 Å². The Hall–Kier alpha value is -3.56. The molecule has 0 aliphatic heterocycles. The van der Waals surface area contributed by atoms with Crippen molar-refractivity contribution in [2.24, 2.45) is 0 Å². The van der Waals surface area contributed by atoms with Crippen molar-refractivity contribution < 1.29 is 14.7 Å². The average molecular weight is 443 g/mol. The van der Waals surface area contributed by atoms with Crippen LogP contribution >= 0.6 is 11.8 Å². The number of ketones is 1. The first-order chi connectivity index (χ1) is 15.4. The van der Waals surface area contributed by atoms with E-state index in [0.29, 0.717) is 17.2 Å². The maximum absolute atomic E-state index is 13.1. The van der Waals surface area contributed by atoms with Crippen LogP contribution in [0.4, 0.5) is 0 Å². The number of aliphatic carboxylic acids is 1. The van der Waals surface area contributed by atoms with Gasteiger partial charge in [0.2, 0.25) is 5.78 Å². The number of carbonyl (C=O) groups is 2. The van der Waals surface area contributed by atoms with Crippen molar-refractivity contribution in [2.45, 2.75) is 36.0 Å². The summed E-state index contributed by atoms with van der Waals surface area (Å²) >= 11 is 1.63.